The molecule has 1 aliphatic heterocycles. The van der Waals surface area contributed by atoms with E-state index in [4.69, 9.17) is 9.72 Å². The van der Waals surface area contributed by atoms with Crippen molar-refractivity contribution in [1.82, 2.24) is 19.9 Å². The molecule has 1 saturated heterocycles. The van der Waals surface area contributed by atoms with Gasteiger partial charge in [-0.2, -0.15) is 0 Å². The van der Waals surface area contributed by atoms with Gasteiger partial charge in [-0.3, -0.25) is 9.88 Å². The summed E-state index contributed by atoms with van der Waals surface area (Å²) in [5, 5.41) is 3.16. The Kier molecular flexibility index (Phi) is 6.47. The van der Waals surface area contributed by atoms with Crippen LogP contribution in [-0.4, -0.2) is 40.0 Å². The quantitative estimate of drug-likeness (QED) is 0.616. The number of aryl methyl sites for hydroxylation is 1. The van der Waals surface area contributed by atoms with Crippen molar-refractivity contribution < 1.29 is 4.74 Å². The number of benzene rings is 1. The number of hydrogen-bond acceptors (Lipinski definition) is 6. The Morgan fingerprint density at radius 3 is 2.77 bits per heavy atom. The van der Waals surface area contributed by atoms with Gasteiger partial charge in [-0.15, -0.1) is 0 Å². The molecular formula is C25H31N5O. The zero-order valence-electron chi connectivity index (χ0n) is 18.6. The number of pyridine rings is 1. The van der Waals surface area contributed by atoms with E-state index in [2.05, 4.69) is 45.3 Å². The molecule has 0 saturated carbocycles. The normalized spacial score (nSPS) is 19.2. The fourth-order valence-corrected chi connectivity index (χ4v) is 4.34. The summed E-state index contributed by atoms with van der Waals surface area (Å²) in [6.45, 7) is 7.65. The van der Waals surface area contributed by atoms with Crippen LogP contribution in [0.2, 0.25) is 0 Å². The molecule has 0 radical (unpaired) electrons. The third-order valence-electron chi connectivity index (χ3n) is 5.96. The Morgan fingerprint density at radius 1 is 1.13 bits per heavy atom. The first-order valence-electron chi connectivity index (χ1n) is 10.9. The maximum Gasteiger partial charge on any atom is 0.130 e. The molecule has 162 valence electrons. The van der Waals surface area contributed by atoms with Gasteiger partial charge in [0.05, 0.1) is 11.4 Å². The number of ether oxygens (including phenoxy) is 1. The molecule has 3 heterocycles. The highest BCUT2D eigenvalue weighted by molar-refractivity contribution is 5.38. The molecule has 6 nitrogen and oxygen atoms in total. The Hall–Kier alpha value is -2.99. The van der Waals surface area contributed by atoms with E-state index < -0.39 is 0 Å². The molecule has 0 aliphatic carbocycles. The maximum atomic E-state index is 6.13. The van der Waals surface area contributed by atoms with Crippen LogP contribution in [0, 0.1) is 6.92 Å². The van der Waals surface area contributed by atoms with E-state index >= 15 is 0 Å². The minimum Gasteiger partial charge on any atom is -0.487 e. The number of aromatic nitrogens is 3. The molecule has 1 N–H and O–H groups in total. The van der Waals surface area contributed by atoms with Gasteiger partial charge in [-0.1, -0.05) is 31.2 Å². The van der Waals surface area contributed by atoms with Crippen LogP contribution in [0.5, 0.6) is 5.75 Å². The fraction of sp³-hybridized carbons (Fsp3) is 0.400. The lowest BCUT2D eigenvalue weighted by atomic mass is 9.78. The molecule has 1 atom stereocenters. The highest BCUT2D eigenvalue weighted by Crippen LogP contribution is 2.34. The summed E-state index contributed by atoms with van der Waals surface area (Å²) in [4.78, 5) is 16.1. The topological polar surface area (TPSA) is 63.2 Å². The molecule has 6 heteroatoms. The van der Waals surface area contributed by atoms with Crippen molar-refractivity contribution in [1.29, 1.82) is 0 Å². The lowest BCUT2D eigenvalue weighted by Crippen LogP contribution is -2.44. The summed E-state index contributed by atoms with van der Waals surface area (Å²) in [6.07, 6.45) is 4.07. The van der Waals surface area contributed by atoms with Crippen molar-refractivity contribution >= 4 is 5.82 Å². The zero-order valence-corrected chi connectivity index (χ0v) is 18.6. The second kappa shape index (κ2) is 9.43. The summed E-state index contributed by atoms with van der Waals surface area (Å²) in [5.41, 5.74) is 3.26. The van der Waals surface area contributed by atoms with Gasteiger partial charge < -0.3 is 10.1 Å². The van der Waals surface area contributed by atoms with Crippen LogP contribution in [0.25, 0.3) is 0 Å². The van der Waals surface area contributed by atoms with E-state index in [9.17, 15) is 0 Å². The van der Waals surface area contributed by atoms with Crippen molar-refractivity contribution in [3.8, 4) is 5.75 Å². The lowest BCUT2D eigenvalue weighted by molar-refractivity contribution is 0.145. The molecular weight excluding hydrogens is 386 g/mol. The van der Waals surface area contributed by atoms with Crippen LogP contribution in [0.1, 0.15) is 42.5 Å². The number of rotatable bonds is 7. The molecule has 1 aromatic carbocycles. The van der Waals surface area contributed by atoms with Crippen LogP contribution in [0.3, 0.4) is 0 Å². The van der Waals surface area contributed by atoms with Gasteiger partial charge in [0, 0.05) is 43.4 Å². The average Bonchev–Trinajstić information content (AvgIpc) is 2.79. The Balaban J connectivity index is 1.48. The van der Waals surface area contributed by atoms with Crippen molar-refractivity contribution in [2.75, 3.05) is 25.5 Å². The minimum atomic E-state index is 0.00130. The van der Waals surface area contributed by atoms with E-state index in [0.29, 0.717) is 6.61 Å². The van der Waals surface area contributed by atoms with E-state index in [1.165, 1.54) is 5.56 Å². The SMILES string of the molecule is CNc1cc([C@@]2(C)CCCN(Cc3ccccc3OCc3ccccn3)C2)nc(C)n1. The minimum absolute atomic E-state index is 0.00130. The zero-order chi connectivity index (χ0) is 21.7. The second-order valence-electron chi connectivity index (χ2n) is 8.53. The van der Waals surface area contributed by atoms with Crippen LogP contribution in [-0.2, 0) is 18.6 Å². The number of nitrogens with zero attached hydrogens (tertiary/aromatic N) is 4. The van der Waals surface area contributed by atoms with Crippen LogP contribution in [0.4, 0.5) is 5.82 Å². The van der Waals surface area contributed by atoms with E-state index in [1.807, 2.05) is 44.3 Å². The van der Waals surface area contributed by atoms with Gasteiger partial charge in [0.1, 0.15) is 24.0 Å². The molecule has 0 spiro atoms. The highest BCUT2D eigenvalue weighted by atomic mass is 16.5. The number of para-hydroxylation sites is 1. The monoisotopic (exact) mass is 417 g/mol. The first-order valence-corrected chi connectivity index (χ1v) is 10.9. The van der Waals surface area contributed by atoms with Crippen molar-refractivity contribution in [2.45, 2.75) is 45.3 Å². The molecule has 1 aliphatic rings. The Bertz CT molecular complexity index is 1010. The van der Waals surface area contributed by atoms with Gasteiger partial charge in [0.2, 0.25) is 0 Å². The summed E-state index contributed by atoms with van der Waals surface area (Å²) < 4.78 is 6.13. The number of piperidine rings is 1. The van der Waals surface area contributed by atoms with Crippen LogP contribution in [0.15, 0.2) is 54.7 Å². The summed E-state index contributed by atoms with van der Waals surface area (Å²) in [5.74, 6) is 2.62. The van der Waals surface area contributed by atoms with Crippen molar-refractivity contribution in [2.24, 2.45) is 0 Å². The average molecular weight is 418 g/mol. The molecule has 3 aromatic rings. The first-order chi connectivity index (χ1) is 15.1. The predicted octanol–water partition coefficient (Wildman–Crippen LogP) is 4.35. The molecule has 31 heavy (non-hydrogen) atoms. The first kappa shape index (κ1) is 21.2. The number of anilines is 1. The number of hydrogen-bond donors (Lipinski definition) is 1. The predicted molar refractivity (Wildman–Crippen MR) is 123 cm³/mol. The van der Waals surface area contributed by atoms with Gasteiger partial charge >= 0.3 is 0 Å². The van der Waals surface area contributed by atoms with E-state index in [1.54, 1.807) is 6.20 Å². The molecule has 0 unspecified atom stereocenters. The van der Waals surface area contributed by atoms with Gasteiger partial charge in [-0.25, -0.2) is 9.97 Å². The molecule has 0 amide bonds. The standard InChI is InChI=1S/C25H31N5O/c1-19-28-23(15-24(26-3)29-19)25(2)12-8-14-30(18-25)16-20-9-4-5-11-22(20)31-17-21-10-6-7-13-27-21/h4-7,9-11,13,15H,8,12,14,16-18H2,1-3H3,(H,26,28,29)/t25-/m0/s1. The van der Waals surface area contributed by atoms with Crippen molar-refractivity contribution in [3.63, 3.8) is 0 Å². The smallest absolute Gasteiger partial charge is 0.130 e. The third-order valence-corrected chi connectivity index (χ3v) is 5.96. The third kappa shape index (κ3) is 5.20. The summed E-state index contributed by atoms with van der Waals surface area (Å²) >= 11 is 0. The fourth-order valence-electron chi connectivity index (χ4n) is 4.34. The molecule has 4 rings (SSSR count). The largest absolute Gasteiger partial charge is 0.487 e. The number of nitrogens with one attached hydrogen (secondary N) is 1. The highest BCUT2D eigenvalue weighted by Gasteiger charge is 2.34. The number of likely N-dealkylation sites (tertiary alicyclic amines) is 1. The molecule has 2 aromatic heterocycles. The lowest BCUT2D eigenvalue weighted by Gasteiger charge is -2.40. The second-order valence-corrected chi connectivity index (χ2v) is 8.53. The van der Waals surface area contributed by atoms with Gasteiger partial charge in [0.25, 0.3) is 0 Å². The van der Waals surface area contributed by atoms with Crippen LogP contribution < -0.4 is 10.1 Å². The van der Waals surface area contributed by atoms with Gasteiger partial charge in [0.15, 0.2) is 0 Å². The Labute approximate surface area is 184 Å². The molecule has 1 fully saturated rings. The van der Waals surface area contributed by atoms with Crippen LogP contribution >= 0.6 is 0 Å². The Morgan fingerprint density at radius 2 is 1.97 bits per heavy atom. The maximum absolute atomic E-state index is 6.13. The summed E-state index contributed by atoms with van der Waals surface area (Å²) in [6, 6.07) is 16.3. The van der Waals surface area contributed by atoms with E-state index in [0.717, 1.165) is 61.3 Å². The van der Waals surface area contributed by atoms with Gasteiger partial charge in [-0.05, 0) is 44.5 Å². The summed E-state index contributed by atoms with van der Waals surface area (Å²) in [7, 11) is 1.91. The molecule has 0 bridgehead atoms. The van der Waals surface area contributed by atoms with E-state index in [-0.39, 0.29) is 5.41 Å². The van der Waals surface area contributed by atoms with Crippen molar-refractivity contribution in [3.05, 3.63) is 77.5 Å².